The summed E-state index contributed by atoms with van der Waals surface area (Å²) in [5, 5.41) is 10.5. The zero-order valence-electron chi connectivity index (χ0n) is 54.6. The summed E-state index contributed by atoms with van der Waals surface area (Å²) in [6, 6.07) is 0. The Morgan fingerprint density at radius 1 is 0.282 bits per heavy atom. The Hall–Kier alpha value is -1.94. The lowest BCUT2D eigenvalue weighted by atomic mass is 10.0. The number of aliphatic hydroxyl groups is 1. The summed E-state index contributed by atoms with van der Waals surface area (Å²) in [6.07, 6.45) is 47.6. The van der Waals surface area contributed by atoms with Crippen molar-refractivity contribution in [2.45, 2.75) is 361 Å². The number of phosphoric acid groups is 2. The van der Waals surface area contributed by atoms with Crippen molar-refractivity contribution >= 4 is 39.5 Å². The van der Waals surface area contributed by atoms with E-state index in [-0.39, 0.29) is 25.7 Å². The molecule has 2 unspecified atom stereocenters. The molecule has 0 rings (SSSR count). The molecule has 504 valence electrons. The highest BCUT2D eigenvalue weighted by molar-refractivity contribution is 7.47. The molecule has 0 aromatic rings. The van der Waals surface area contributed by atoms with Gasteiger partial charge in [0, 0.05) is 25.7 Å². The van der Waals surface area contributed by atoms with Gasteiger partial charge in [0.15, 0.2) is 12.2 Å². The van der Waals surface area contributed by atoms with E-state index in [2.05, 4.69) is 27.7 Å². The molecule has 19 heteroatoms. The first-order chi connectivity index (χ1) is 41.2. The predicted octanol–water partition coefficient (Wildman–Crippen LogP) is 18.7. The molecule has 3 N–H and O–H groups in total. The maximum Gasteiger partial charge on any atom is 0.472 e. The largest absolute Gasteiger partial charge is 0.472 e. The number of rotatable bonds is 67. The van der Waals surface area contributed by atoms with E-state index in [0.29, 0.717) is 25.7 Å². The van der Waals surface area contributed by atoms with Gasteiger partial charge >= 0.3 is 39.5 Å². The molecule has 0 heterocycles. The van der Waals surface area contributed by atoms with Gasteiger partial charge in [-0.1, -0.05) is 291 Å². The second-order valence-corrected chi connectivity index (χ2v) is 26.8. The van der Waals surface area contributed by atoms with Crippen LogP contribution in [-0.4, -0.2) is 96.7 Å². The van der Waals surface area contributed by atoms with Crippen LogP contribution in [0.4, 0.5) is 0 Å². The molecular formula is C66H128O17P2. The summed E-state index contributed by atoms with van der Waals surface area (Å²) >= 11 is 0. The highest BCUT2D eigenvalue weighted by Gasteiger charge is 2.30. The molecule has 0 aliphatic rings. The van der Waals surface area contributed by atoms with Gasteiger partial charge in [0.05, 0.1) is 26.4 Å². The van der Waals surface area contributed by atoms with Crippen molar-refractivity contribution in [2.75, 3.05) is 39.6 Å². The number of hydrogen-bond donors (Lipinski definition) is 3. The predicted molar refractivity (Wildman–Crippen MR) is 340 cm³/mol. The summed E-state index contributed by atoms with van der Waals surface area (Å²) in [5.74, 6) is -2.14. The van der Waals surface area contributed by atoms with E-state index >= 15 is 0 Å². The van der Waals surface area contributed by atoms with Crippen LogP contribution in [0.15, 0.2) is 0 Å². The Bertz CT molecular complexity index is 1640. The molecular weight excluding hydrogens is 1130 g/mol. The summed E-state index contributed by atoms with van der Waals surface area (Å²) < 4.78 is 67.9. The van der Waals surface area contributed by atoms with Crippen LogP contribution in [0.2, 0.25) is 0 Å². The number of unbranched alkanes of at least 4 members (excludes halogenated alkanes) is 41. The molecule has 0 aliphatic carbocycles. The van der Waals surface area contributed by atoms with Gasteiger partial charge in [-0.3, -0.25) is 37.3 Å². The second kappa shape index (κ2) is 60.9. The molecule has 5 atom stereocenters. The Morgan fingerprint density at radius 3 is 0.694 bits per heavy atom. The van der Waals surface area contributed by atoms with Crippen LogP contribution in [0.1, 0.15) is 342 Å². The number of phosphoric ester groups is 2. The number of hydrogen-bond acceptors (Lipinski definition) is 15. The maximum atomic E-state index is 13.0. The van der Waals surface area contributed by atoms with Crippen molar-refractivity contribution in [3.8, 4) is 0 Å². The lowest BCUT2D eigenvalue weighted by Crippen LogP contribution is -2.30. The molecule has 0 saturated heterocycles. The summed E-state index contributed by atoms with van der Waals surface area (Å²) in [5.41, 5.74) is 0. The van der Waals surface area contributed by atoms with Gasteiger partial charge in [0.1, 0.15) is 19.3 Å². The molecule has 0 aliphatic heterocycles. The molecule has 0 bridgehead atoms. The SMILES string of the molecule is CCCCCCCCCCCCCCCCCCCCCC(=O)O[C@H](COC(=O)CCCCCCCCCCCCC)COP(=O)(O)OC[C@@H](O)COP(=O)(O)OC[C@@H](COC(=O)CCCCCCC)OC(=O)CCCCCCCCCCCC. The highest BCUT2D eigenvalue weighted by Crippen LogP contribution is 2.45. The molecule has 0 aromatic heterocycles. The molecule has 17 nitrogen and oxygen atoms in total. The normalized spacial score (nSPS) is 14.1. The number of ether oxygens (including phenoxy) is 4. The maximum absolute atomic E-state index is 13.0. The minimum absolute atomic E-state index is 0.106. The average Bonchev–Trinajstić information content (AvgIpc) is 3.54. The quantitative estimate of drug-likeness (QED) is 0.0222. The fourth-order valence-electron chi connectivity index (χ4n) is 9.99. The smallest absolute Gasteiger partial charge is 0.462 e. The van der Waals surface area contributed by atoms with E-state index in [9.17, 15) is 43.2 Å². The molecule has 0 spiro atoms. The molecule has 0 aromatic carbocycles. The zero-order chi connectivity index (χ0) is 62.6. The van der Waals surface area contributed by atoms with Crippen molar-refractivity contribution in [1.82, 2.24) is 0 Å². The summed E-state index contributed by atoms with van der Waals surface area (Å²) in [4.78, 5) is 72.0. The fraction of sp³-hybridized carbons (Fsp3) is 0.939. The third-order valence-electron chi connectivity index (χ3n) is 15.4. The summed E-state index contributed by atoms with van der Waals surface area (Å²) in [6.45, 7) is 4.81. The highest BCUT2D eigenvalue weighted by atomic mass is 31.2. The molecule has 0 fully saturated rings. The number of esters is 4. The summed E-state index contributed by atoms with van der Waals surface area (Å²) in [7, 11) is -9.88. The van der Waals surface area contributed by atoms with Crippen LogP contribution in [0.5, 0.6) is 0 Å². The third kappa shape index (κ3) is 60.7. The lowest BCUT2D eigenvalue weighted by Gasteiger charge is -2.21. The Kier molecular flexibility index (Phi) is 59.6. The van der Waals surface area contributed by atoms with E-state index in [0.717, 1.165) is 96.3 Å². The van der Waals surface area contributed by atoms with Gasteiger partial charge in [-0.05, 0) is 25.7 Å². The minimum atomic E-state index is -4.94. The van der Waals surface area contributed by atoms with Gasteiger partial charge in [-0.25, -0.2) is 9.13 Å². The van der Waals surface area contributed by atoms with E-state index in [4.69, 9.17) is 37.0 Å². The molecule has 0 amide bonds. The van der Waals surface area contributed by atoms with Crippen molar-refractivity contribution in [1.29, 1.82) is 0 Å². The first kappa shape index (κ1) is 83.1. The first-order valence-electron chi connectivity index (χ1n) is 34.8. The Balaban J connectivity index is 5.11. The molecule has 0 radical (unpaired) electrons. The monoisotopic (exact) mass is 1250 g/mol. The number of carbonyl (C=O) groups is 4. The van der Waals surface area contributed by atoms with Crippen molar-refractivity contribution < 1.29 is 80.2 Å². The minimum Gasteiger partial charge on any atom is -0.462 e. The topological polar surface area (TPSA) is 237 Å². The van der Waals surface area contributed by atoms with E-state index in [1.54, 1.807) is 0 Å². The van der Waals surface area contributed by atoms with E-state index < -0.39 is 97.5 Å². The van der Waals surface area contributed by atoms with Gasteiger partial charge in [0.25, 0.3) is 0 Å². The van der Waals surface area contributed by atoms with Gasteiger partial charge in [-0.2, -0.15) is 0 Å². The van der Waals surface area contributed by atoms with Crippen LogP contribution >= 0.6 is 15.6 Å². The van der Waals surface area contributed by atoms with Crippen LogP contribution in [0.3, 0.4) is 0 Å². The standard InChI is InChI=1S/C66H128O17P2/c1-5-9-13-17-20-23-26-27-28-29-30-31-32-33-35-38-41-45-49-53-66(71)83-62(57-77-64(69)51-47-43-39-37-34-24-21-18-14-10-6-2)59-81-85(74,75)79-55-60(67)54-78-84(72,73)80-58-61(56-76-63(68)50-46-42-16-12-8-4)82-65(70)52-48-44-40-36-25-22-19-15-11-7-3/h60-62,67H,5-59H2,1-4H3,(H,72,73)(H,74,75)/t60-,61+,62+/m0/s1. The van der Waals surface area contributed by atoms with Crippen LogP contribution in [-0.2, 0) is 65.4 Å². The van der Waals surface area contributed by atoms with E-state index in [1.165, 1.54) is 167 Å². The van der Waals surface area contributed by atoms with Gasteiger partial charge in [0.2, 0.25) is 0 Å². The lowest BCUT2D eigenvalue weighted by molar-refractivity contribution is -0.161. The van der Waals surface area contributed by atoms with Crippen molar-refractivity contribution in [3.63, 3.8) is 0 Å². The van der Waals surface area contributed by atoms with Crippen molar-refractivity contribution in [2.24, 2.45) is 0 Å². The Morgan fingerprint density at radius 2 is 0.471 bits per heavy atom. The van der Waals surface area contributed by atoms with Gasteiger partial charge in [-0.15, -0.1) is 0 Å². The zero-order valence-corrected chi connectivity index (χ0v) is 56.4. The van der Waals surface area contributed by atoms with Crippen LogP contribution in [0.25, 0.3) is 0 Å². The number of carbonyl (C=O) groups excluding carboxylic acids is 4. The third-order valence-corrected chi connectivity index (χ3v) is 17.3. The van der Waals surface area contributed by atoms with Crippen LogP contribution in [0, 0.1) is 0 Å². The second-order valence-electron chi connectivity index (χ2n) is 23.9. The van der Waals surface area contributed by atoms with E-state index in [1.807, 2.05) is 0 Å². The van der Waals surface area contributed by atoms with Crippen LogP contribution < -0.4 is 0 Å². The first-order valence-corrected chi connectivity index (χ1v) is 37.8. The fourth-order valence-corrected chi connectivity index (χ4v) is 11.6. The van der Waals surface area contributed by atoms with Gasteiger partial charge < -0.3 is 33.8 Å². The average molecular weight is 1260 g/mol. The van der Waals surface area contributed by atoms with Crippen molar-refractivity contribution in [3.05, 3.63) is 0 Å². The Labute approximate surface area is 517 Å². The number of aliphatic hydroxyl groups excluding tert-OH is 1. The molecule has 85 heavy (non-hydrogen) atoms. The molecule has 0 saturated carbocycles.